The van der Waals surface area contributed by atoms with Crippen LogP contribution in [0.3, 0.4) is 0 Å². The fourth-order valence-corrected chi connectivity index (χ4v) is 1.99. The van der Waals surface area contributed by atoms with Gasteiger partial charge in [-0.1, -0.05) is 30.3 Å². The van der Waals surface area contributed by atoms with Crippen LogP contribution in [-0.2, 0) is 9.53 Å². The fourth-order valence-electron chi connectivity index (χ4n) is 1.88. The lowest BCUT2D eigenvalue weighted by Gasteiger charge is -2.06. The van der Waals surface area contributed by atoms with E-state index in [9.17, 15) is 9.59 Å². The van der Waals surface area contributed by atoms with Crippen molar-refractivity contribution in [3.05, 3.63) is 65.7 Å². The number of benzene rings is 2. The number of hydrogen-bond acceptors (Lipinski definition) is 3. The average Bonchev–Trinajstić information content (AvgIpc) is 2.56. The summed E-state index contributed by atoms with van der Waals surface area (Å²) in [7, 11) is 0. The van der Waals surface area contributed by atoms with Gasteiger partial charge in [0.1, 0.15) is 6.61 Å². The van der Waals surface area contributed by atoms with E-state index in [1.54, 1.807) is 36.4 Å². The summed E-state index contributed by atoms with van der Waals surface area (Å²) in [4.78, 5) is 23.8. The predicted octanol–water partition coefficient (Wildman–Crippen LogP) is 3.11. The summed E-state index contributed by atoms with van der Waals surface area (Å²) in [5, 5.41) is 2.69. The molecule has 0 aliphatic heterocycles. The predicted molar refractivity (Wildman–Crippen MR) is 86.5 cm³/mol. The fraction of sp³-hybridized carbons (Fsp3) is 0.176. The third-order valence-corrected chi connectivity index (χ3v) is 3.08. The Morgan fingerprint density at radius 3 is 2.23 bits per heavy atom. The first-order chi connectivity index (χ1) is 10.7. The number of rotatable bonds is 7. The summed E-state index contributed by atoms with van der Waals surface area (Å²) in [6.07, 6.45) is 0. The molecule has 5 heteroatoms. The van der Waals surface area contributed by atoms with Crippen LogP contribution in [0.1, 0.15) is 15.9 Å². The second-order valence-electron chi connectivity index (χ2n) is 4.56. The summed E-state index contributed by atoms with van der Waals surface area (Å²) in [5.41, 5.74) is 1.82. The maximum absolute atomic E-state index is 12.2. The smallest absolute Gasteiger partial charge is 0.250 e. The minimum absolute atomic E-state index is 0.0442. The summed E-state index contributed by atoms with van der Waals surface area (Å²) in [6, 6.07) is 15.8. The van der Waals surface area contributed by atoms with Crippen LogP contribution in [0.15, 0.2) is 54.6 Å². The summed E-state index contributed by atoms with van der Waals surface area (Å²) >= 11 is 5.45. The van der Waals surface area contributed by atoms with Gasteiger partial charge in [0.2, 0.25) is 5.91 Å². The van der Waals surface area contributed by atoms with Gasteiger partial charge in [-0.2, -0.15) is 0 Å². The molecule has 0 bridgehead atoms. The third kappa shape index (κ3) is 4.69. The number of carbonyl (C=O) groups excluding carboxylic acids is 2. The number of nitrogens with one attached hydrogen (secondary N) is 1. The van der Waals surface area contributed by atoms with Crippen molar-refractivity contribution in [3.8, 4) is 0 Å². The molecule has 0 saturated carbocycles. The molecule has 0 atom stereocenters. The van der Waals surface area contributed by atoms with Crippen molar-refractivity contribution in [1.29, 1.82) is 0 Å². The average molecular weight is 318 g/mol. The maximum atomic E-state index is 12.2. The lowest BCUT2D eigenvalue weighted by molar-refractivity contribution is -0.120. The molecule has 2 aromatic carbocycles. The Bertz CT molecular complexity index is 626. The second-order valence-corrected chi connectivity index (χ2v) is 4.94. The molecule has 0 unspecified atom stereocenters. The van der Waals surface area contributed by atoms with Crippen LogP contribution < -0.4 is 5.32 Å². The van der Waals surface area contributed by atoms with Crippen LogP contribution >= 0.6 is 11.6 Å². The zero-order valence-electron chi connectivity index (χ0n) is 11.9. The maximum Gasteiger partial charge on any atom is 0.250 e. The van der Waals surface area contributed by atoms with E-state index in [0.717, 1.165) is 0 Å². The summed E-state index contributed by atoms with van der Waals surface area (Å²) in [6.45, 7) is 0.289. The highest BCUT2D eigenvalue weighted by Gasteiger charge is 2.09. The highest BCUT2D eigenvalue weighted by molar-refractivity contribution is 6.18. The molecule has 2 rings (SSSR count). The van der Waals surface area contributed by atoms with E-state index in [0.29, 0.717) is 29.3 Å². The topological polar surface area (TPSA) is 55.4 Å². The number of hydrogen-bond donors (Lipinski definition) is 1. The van der Waals surface area contributed by atoms with E-state index in [2.05, 4.69) is 5.32 Å². The number of alkyl halides is 1. The van der Waals surface area contributed by atoms with E-state index in [-0.39, 0.29) is 18.3 Å². The number of anilines is 1. The lowest BCUT2D eigenvalue weighted by Crippen LogP contribution is -2.18. The summed E-state index contributed by atoms with van der Waals surface area (Å²) in [5.74, 6) is 0.0417. The Hall–Kier alpha value is -2.17. The molecule has 0 fully saturated rings. The van der Waals surface area contributed by atoms with Crippen molar-refractivity contribution < 1.29 is 14.3 Å². The van der Waals surface area contributed by atoms with Crippen molar-refractivity contribution in [3.63, 3.8) is 0 Å². The standard InChI is InChI=1S/C17H16ClNO3/c18-10-11-22-12-16(20)19-15-8-6-14(7-9-15)17(21)13-4-2-1-3-5-13/h1-9H,10-12H2,(H,19,20). The van der Waals surface area contributed by atoms with Crippen LogP contribution in [0.2, 0.25) is 0 Å². The van der Waals surface area contributed by atoms with Gasteiger partial charge in [0.15, 0.2) is 5.78 Å². The number of amides is 1. The quantitative estimate of drug-likeness (QED) is 0.485. The minimum Gasteiger partial charge on any atom is -0.370 e. The number of carbonyl (C=O) groups is 2. The highest BCUT2D eigenvalue weighted by atomic mass is 35.5. The van der Waals surface area contributed by atoms with Crippen LogP contribution in [0.4, 0.5) is 5.69 Å². The van der Waals surface area contributed by atoms with Crippen LogP contribution in [-0.4, -0.2) is 30.8 Å². The molecule has 22 heavy (non-hydrogen) atoms. The van der Waals surface area contributed by atoms with E-state index < -0.39 is 0 Å². The molecular formula is C17H16ClNO3. The molecule has 0 aliphatic carbocycles. The molecule has 0 spiro atoms. The molecule has 0 aliphatic rings. The van der Waals surface area contributed by atoms with Gasteiger partial charge >= 0.3 is 0 Å². The number of halogens is 1. The Morgan fingerprint density at radius 1 is 0.955 bits per heavy atom. The van der Waals surface area contributed by atoms with Crippen LogP contribution in [0.5, 0.6) is 0 Å². The largest absolute Gasteiger partial charge is 0.370 e. The van der Waals surface area contributed by atoms with Gasteiger partial charge < -0.3 is 10.1 Å². The first kappa shape index (κ1) is 16.2. The third-order valence-electron chi connectivity index (χ3n) is 2.92. The molecule has 0 radical (unpaired) electrons. The molecule has 0 aromatic heterocycles. The Kier molecular flexibility index (Phi) is 6.13. The zero-order chi connectivity index (χ0) is 15.8. The molecule has 1 N–H and O–H groups in total. The molecule has 0 heterocycles. The van der Waals surface area contributed by atoms with E-state index in [4.69, 9.17) is 16.3 Å². The van der Waals surface area contributed by atoms with Gasteiger partial charge in [-0.3, -0.25) is 9.59 Å². The van der Waals surface area contributed by atoms with Gasteiger partial charge in [-0.05, 0) is 24.3 Å². The Labute approximate surface area is 134 Å². The van der Waals surface area contributed by atoms with Gasteiger partial charge in [0.25, 0.3) is 0 Å². The van der Waals surface area contributed by atoms with E-state index in [1.807, 2.05) is 18.2 Å². The second kappa shape index (κ2) is 8.32. The SMILES string of the molecule is O=C(COCCCl)Nc1ccc(C(=O)c2ccccc2)cc1. The van der Waals surface area contributed by atoms with E-state index in [1.165, 1.54) is 0 Å². The highest BCUT2D eigenvalue weighted by Crippen LogP contribution is 2.13. The van der Waals surface area contributed by atoms with Crippen molar-refractivity contribution >= 4 is 29.0 Å². The van der Waals surface area contributed by atoms with Gasteiger partial charge in [0.05, 0.1) is 6.61 Å². The lowest BCUT2D eigenvalue weighted by atomic mass is 10.0. The Balaban J connectivity index is 1.96. The van der Waals surface area contributed by atoms with Crippen molar-refractivity contribution in [2.75, 3.05) is 24.4 Å². The van der Waals surface area contributed by atoms with E-state index >= 15 is 0 Å². The van der Waals surface area contributed by atoms with Crippen molar-refractivity contribution in [1.82, 2.24) is 0 Å². The monoisotopic (exact) mass is 317 g/mol. The summed E-state index contributed by atoms with van der Waals surface area (Å²) < 4.78 is 5.04. The van der Waals surface area contributed by atoms with Gasteiger partial charge in [-0.25, -0.2) is 0 Å². The molecule has 1 amide bonds. The molecule has 4 nitrogen and oxygen atoms in total. The first-order valence-electron chi connectivity index (χ1n) is 6.84. The molecule has 114 valence electrons. The number of ether oxygens (including phenoxy) is 1. The number of ketones is 1. The van der Waals surface area contributed by atoms with Crippen LogP contribution in [0, 0.1) is 0 Å². The molecule has 0 saturated heterocycles. The van der Waals surface area contributed by atoms with Crippen molar-refractivity contribution in [2.45, 2.75) is 0 Å². The van der Waals surface area contributed by atoms with Crippen LogP contribution in [0.25, 0.3) is 0 Å². The normalized spacial score (nSPS) is 10.2. The molecule has 2 aromatic rings. The minimum atomic E-state index is -0.257. The van der Waals surface area contributed by atoms with Crippen molar-refractivity contribution in [2.24, 2.45) is 0 Å². The van der Waals surface area contributed by atoms with Gasteiger partial charge in [0, 0.05) is 22.7 Å². The molecular weight excluding hydrogens is 302 g/mol. The zero-order valence-corrected chi connectivity index (χ0v) is 12.7. The Morgan fingerprint density at radius 2 is 1.59 bits per heavy atom. The first-order valence-corrected chi connectivity index (χ1v) is 7.37. The van der Waals surface area contributed by atoms with Gasteiger partial charge in [-0.15, -0.1) is 11.6 Å².